The Hall–Kier alpha value is -4.60. The van der Waals surface area contributed by atoms with Crippen molar-refractivity contribution in [2.75, 3.05) is 26.8 Å². The monoisotopic (exact) mass is 589 g/mol. The molecule has 43 heavy (non-hydrogen) atoms. The maximum absolute atomic E-state index is 14.6. The van der Waals surface area contributed by atoms with Crippen LogP contribution in [0.5, 0.6) is 17.2 Å². The fraction of sp³-hybridized carbons (Fsp3) is 0.364. The molecule has 6 bridgehead atoms. The maximum atomic E-state index is 14.6. The lowest BCUT2D eigenvalue weighted by molar-refractivity contribution is -0.142. The SMILES string of the molecule is COc1ccc2cc1-c1cccc(c1)OCC(=O)NCc1cc(F)cc(c1)O[C@@H]1CCN(C(=O)C(C)(C)C)C[C@H]1NC2=O. The van der Waals surface area contributed by atoms with Crippen molar-refractivity contribution < 1.29 is 33.0 Å². The third-order valence-electron chi connectivity index (χ3n) is 7.48. The van der Waals surface area contributed by atoms with Crippen LogP contribution in [0.4, 0.5) is 4.39 Å². The summed E-state index contributed by atoms with van der Waals surface area (Å²) in [6.07, 6.45) is -0.116. The minimum Gasteiger partial charge on any atom is -0.496 e. The van der Waals surface area contributed by atoms with Crippen molar-refractivity contribution in [2.45, 2.75) is 45.9 Å². The number of hydrogen-bond donors (Lipinski definition) is 2. The summed E-state index contributed by atoms with van der Waals surface area (Å²) in [6.45, 7) is 6.05. The van der Waals surface area contributed by atoms with E-state index in [2.05, 4.69) is 10.6 Å². The number of hydrogen-bond acceptors (Lipinski definition) is 6. The van der Waals surface area contributed by atoms with Crippen LogP contribution in [-0.4, -0.2) is 61.6 Å². The number of ether oxygens (including phenoxy) is 3. The Balaban J connectivity index is 1.54. The van der Waals surface area contributed by atoms with Crippen LogP contribution in [-0.2, 0) is 16.1 Å². The number of fused-ring (bicyclic) bond motifs is 8. The molecular formula is C33H36FN3O6. The van der Waals surface area contributed by atoms with Crippen LogP contribution in [0.15, 0.2) is 60.7 Å². The number of nitrogens with one attached hydrogen (secondary N) is 2. The molecule has 0 spiro atoms. The van der Waals surface area contributed by atoms with Gasteiger partial charge in [-0.2, -0.15) is 0 Å². The van der Waals surface area contributed by atoms with Crippen molar-refractivity contribution in [3.63, 3.8) is 0 Å². The number of carbonyl (C=O) groups is 3. The molecule has 2 atom stereocenters. The molecule has 0 unspecified atom stereocenters. The lowest BCUT2D eigenvalue weighted by Crippen LogP contribution is -2.59. The minimum absolute atomic E-state index is 0.0339. The molecule has 9 nitrogen and oxygen atoms in total. The van der Waals surface area contributed by atoms with E-state index in [1.807, 2.05) is 26.8 Å². The van der Waals surface area contributed by atoms with E-state index in [-0.39, 0.29) is 43.2 Å². The van der Waals surface area contributed by atoms with Gasteiger partial charge in [0.15, 0.2) is 6.61 Å². The molecule has 3 aromatic carbocycles. The number of amides is 3. The van der Waals surface area contributed by atoms with Crippen molar-refractivity contribution in [3.05, 3.63) is 77.6 Å². The Morgan fingerprint density at radius 2 is 1.84 bits per heavy atom. The van der Waals surface area contributed by atoms with Crippen molar-refractivity contribution in [1.82, 2.24) is 15.5 Å². The zero-order valence-electron chi connectivity index (χ0n) is 24.7. The fourth-order valence-electron chi connectivity index (χ4n) is 5.32. The number of methoxy groups -OCH3 is 1. The van der Waals surface area contributed by atoms with Crippen molar-refractivity contribution >= 4 is 17.7 Å². The number of piperidine rings is 1. The second-order valence-electron chi connectivity index (χ2n) is 11.8. The molecule has 0 saturated carbocycles. The quantitative estimate of drug-likeness (QED) is 0.438. The van der Waals surface area contributed by atoms with Crippen molar-refractivity contribution in [1.29, 1.82) is 0 Å². The lowest BCUT2D eigenvalue weighted by atomic mass is 9.92. The Bertz CT molecular complexity index is 1540. The van der Waals surface area contributed by atoms with Gasteiger partial charge in [-0.3, -0.25) is 14.4 Å². The first kappa shape index (κ1) is 29.9. The maximum Gasteiger partial charge on any atom is 0.258 e. The predicted molar refractivity (Wildman–Crippen MR) is 158 cm³/mol. The summed E-state index contributed by atoms with van der Waals surface area (Å²) in [4.78, 5) is 41.2. The summed E-state index contributed by atoms with van der Waals surface area (Å²) in [5.74, 6) is -0.00761. The summed E-state index contributed by atoms with van der Waals surface area (Å²) in [5, 5.41) is 5.83. The van der Waals surface area contributed by atoms with E-state index < -0.39 is 23.4 Å². The highest BCUT2D eigenvalue weighted by atomic mass is 19.1. The largest absolute Gasteiger partial charge is 0.496 e. The molecule has 3 aromatic rings. The number of likely N-dealkylation sites (tertiary alicyclic amines) is 1. The van der Waals surface area contributed by atoms with Gasteiger partial charge in [-0.15, -0.1) is 0 Å². The van der Waals surface area contributed by atoms with Gasteiger partial charge in [-0.25, -0.2) is 4.39 Å². The van der Waals surface area contributed by atoms with Crippen LogP contribution in [0.2, 0.25) is 0 Å². The first-order chi connectivity index (χ1) is 20.5. The number of benzene rings is 3. The summed E-state index contributed by atoms with van der Waals surface area (Å²) < 4.78 is 32.2. The van der Waals surface area contributed by atoms with Gasteiger partial charge in [0.05, 0.1) is 13.2 Å². The molecule has 0 radical (unpaired) electrons. The molecule has 2 heterocycles. The first-order valence-electron chi connectivity index (χ1n) is 14.2. The van der Waals surface area contributed by atoms with Gasteiger partial charge in [-0.1, -0.05) is 32.9 Å². The summed E-state index contributed by atoms with van der Waals surface area (Å²) in [6, 6.07) is 15.9. The molecule has 3 amide bonds. The summed E-state index contributed by atoms with van der Waals surface area (Å²) >= 11 is 0. The zero-order valence-corrected chi connectivity index (χ0v) is 24.7. The van der Waals surface area contributed by atoms with E-state index in [1.165, 1.54) is 12.1 Å². The van der Waals surface area contributed by atoms with Gasteiger partial charge >= 0.3 is 0 Å². The fourth-order valence-corrected chi connectivity index (χ4v) is 5.32. The van der Waals surface area contributed by atoms with Gasteiger partial charge in [0.2, 0.25) is 5.91 Å². The first-order valence-corrected chi connectivity index (χ1v) is 14.2. The third kappa shape index (κ3) is 7.07. The number of halogens is 1. The smallest absolute Gasteiger partial charge is 0.258 e. The number of rotatable bonds is 1. The molecule has 2 N–H and O–H groups in total. The average molecular weight is 590 g/mol. The van der Waals surface area contributed by atoms with Gasteiger partial charge < -0.3 is 29.7 Å². The predicted octanol–water partition coefficient (Wildman–Crippen LogP) is 4.33. The molecule has 1 fully saturated rings. The van der Waals surface area contributed by atoms with E-state index in [0.29, 0.717) is 41.2 Å². The van der Waals surface area contributed by atoms with Gasteiger partial charge in [0.1, 0.15) is 29.2 Å². The van der Waals surface area contributed by atoms with Crippen LogP contribution in [0.3, 0.4) is 0 Å². The molecule has 5 rings (SSSR count). The number of carbonyl (C=O) groups excluding carboxylic acids is 3. The molecule has 10 heteroatoms. The Morgan fingerprint density at radius 1 is 1.02 bits per heavy atom. The van der Waals surface area contributed by atoms with Gasteiger partial charge in [-0.05, 0) is 53.6 Å². The molecule has 1 saturated heterocycles. The molecular weight excluding hydrogens is 553 g/mol. The van der Waals surface area contributed by atoms with Gasteiger partial charge in [0.25, 0.3) is 11.8 Å². The molecule has 2 aliphatic rings. The van der Waals surface area contributed by atoms with Crippen LogP contribution in [0.1, 0.15) is 43.1 Å². The highest BCUT2D eigenvalue weighted by Gasteiger charge is 2.37. The highest BCUT2D eigenvalue weighted by Crippen LogP contribution is 2.33. The van der Waals surface area contributed by atoms with E-state index in [0.717, 1.165) is 5.56 Å². The standard InChI is InChI=1S/C33H36FN3O6/c1-33(2,3)32(40)37-11-10-29-27(18-37)36-31(39)22-8-9-28(41-4)26(15-22)21-6-5-7-24(14-21)42-19-30(38)35-17-20-12-23(34)16-25(13-20)43-29/h5-9,12-16,27,29H,10-11,17-19H2,1-4H3,(H,35,38)(H,36,39)/t27-,29-/m1/s1. The van der Waals surface area contributed by atoms with E-state index in [9.17, 15) is 18.8 Å². The van der Waals surface area contributed by atoms with Crippen LogP contribution >= 0.6 is 0 Å². The topological polar surface area (TPSA) is 106 Å². The zero-order chi connectivity index (χ0) is 30.7. The molecule has 226 valence electrons. The lowest BCUT2D eigenvalue weighted by Gasteiger charge is -2.41. The van der Waals surface area contributed by atoms with Crippen LogP contribution in [0, 0.1) is 11.2 Å². The second-order valence-corrected chi connectivity index (χ2v) is 11.8. The molecule has 0 aromatic heterocycles. The van der Waals surface area contributed by atoms with Crippen molar-refractivity contribution in [3.8, 4) is 28.4 Å². The molecule has 0 aliphatic carbocycles. The summed E-state index contributed by atoms with van der Waals surface area (Å²) in [5.41, 5.74) is 1.68. The average Bonchev–Trinajstić information content (AvgIpc) is 2.98. The van der Waals surface area contributed by atoms with Crippen LogP contribution in [0.25, 0.3) is 11.1 Å². The van der Waals surface area contributed by atoms with E-state index >= 15 is 0 Å². The normalized spacial score (nSPS) is 19.2. The van der Waals surface area contributed by atoms with Gasteiger partial charge in [0, 0.05) is 48.7 Å². The molecule has 2 aliphatic heterocycles. The minimum atomic E-state index is -0.600. The van der Waals surface area contributed by atoms with Crippen LogP contribution < -0.4 is 24.8 Å². The summed E-state index contributed by atoms with van der Waals surface area (Å²) in [7, 11) is 1.55. The second kappa shape index (κ2) is 12.3. The Labute approximate surface area is 250 Å². The van der Waals surface area contributed by atoms with E-state index in [1.54, 1.807) is 54.5 Å². The van der Waals surface area contributed by atoms with E-state index in [4.69, 9.17) is 14.2 Å². The Morgan fingerprint density at radius 3 is 2.60 bits per heavy atom. The van der Waals surface area contributed by atoms with Crippen molar-refractivity contribution in [2.24, 2.45) is 5.41 Å². The third-order valence-corrected chi connectivity index (χ3v) is 7.48. The highest BCUT2D eigenvalue weighted by molar-refractivity contribution is 5.96. The number of nitrogens with zero attached hydrogens (tertiary/aromatic N) is 1. The Kier molecular flexibility index (Phi) is 8.57.